The number of pyridine rings is 1. The Kier molecular flexibility index (Phi) is 4.82. The number of halogens is 2. The Balaban J connectivity index is 1.93. The highest BCUT2D eigenvalue weighted by atomic mass is 35.5. The number of anilines is 1. The number of hydrogen-bond donors (Lipinski definition) is 2. The lowest BCUT2D eigenvalue weighted by molar-refractivity contribution is 0.0950. The smallest absolute Gasteiger partial charge is 0.272 e. The highest BCUT2D eigenvalue weighted by Crippen LogP contribution is 2.21. The summed E-state index contributed by atoms with van der Waals surface area (Å²) in [5, 5.41) is 3.93. The first kappa shape index (κ1) is 14.6. The monoisotopic (exact) mass is 309 g/mol. The summed E-state index contributed by atoms with van der Waals surface area (Å²) >= 11 is 11.9. The molecule has 4 nitrogen and oxygen atoms in total. The van der Waals surface area contributed by atoms with Gasteiger partial charge in [-0.05, 0) is 36.2 Å². The summed E-state index contributed by atoms with van der Waals surface area (Å²) in [5.41, 5.74) is 7.19. The molecule has 2 aromatic rings. The number of hydrogen-bond acceptors (Lipinski definition) is 3. The summed E-state index contributed by atoms with van der Waals surface area (Å²) < 4.78 is 0. The number of rotatable bonds is 4. The van der Waals surface area contributed by atoms with Crippen molar-refractivity contribution >= 4 is 34.8 Å². The Hall–Kier alpha value is -1.78. The standard InChI is InChI=1S/C14H13Cl2N3O/c15-10-4-3-9(11(16)8-10)5-7-19-14(20)13-12(17)2-1-6-18-13/h1-4,6,8H,5,7,17H2,(H,19,20). The zero-order valence-electron chi connectivity index (χ0n) is 10.6. The number of nitrogens with zero attached hydrogens (tertiary/aromatic N) is 1. The van der Waals surface area contributed by atoms with Crippen molar-refractivity contribution in [2.45, 2.75) is 6.42 Å². The molecule has 2 rings (SSSR count). The van der Waals surface area contributed by atoms with Crippen LogP contribution >= 0.6 is 23.2 Å². The summed E-state index contributed by atoms with van der Waals surface area (Å²) in [7, 11) is 0. The highest BCUT2D eigenvalue weighted by molar-refractivity contribution is 6.35. The molecule has 1 aromatic heterocycles. The van der Waals surface area contributed by atoms with Crippen LogP contribution in [0.3, 0.4) is 0 Å². The van der Waals surface area contributed by atoms with Gasteiger partial charge in [-0.25, -0.2) is 4.98 Å². The molecule has 0 aliphatic heterocycles. The second-order valence-corrected chi connectivity index (χ2v) is 5.03. The first-order chi connectivity index (χ1) is 9.58. The summed E-state index contributed by atoms with van der Waals surface area (Å²) in [6.45, 7) is 0.441. The van der Waals surface area contributed by atoms with E-state index in [4.69, 9.17) is 28.9 Å². The summed E-state index contributed by atoms with van der Waals surface area (Å²) in [4.78, 5) is 15.8. The zero-order chi connectivity index (χ0) is 14.5. The third kappa shape index (κ3) is 3.62. The van der Waals surface area contributed by atoms with Gasteiger partial charge in [0.25, 0.3) is 5.91 Å². The maximum absolute atomic E-state index is 11.9. The van der Waals surface area contributed by atoms with E-state index in [1.165, 1.54) is 6.20 Å². The van der Waals surface area contributed by atoms with Crippen LogP contribution in [0.5, 0.6) is 0 Å². The van der Waals surface area contributed by atoms with E-state index in [2.05, 4.69) is 10.3 Å². The molecule has 0 unspecified atom stereocenters. The minimum atomic E-state index is -0.298. The zero-order valence-corrected chi connectivity index (χ0v) is 12.1. The van der Waals surface area contributed by atoms with Crippen molar-refractivity contribution in [3.63, 3.8) is 0 Å². The van der Waals surface area contributed by atoms with Crippen molar-refractivity contribution in [1.82, 2.24) is 10.3 Å². The molecule has 0 radical (unpaired) electrons. The van der Waals surface area contributed by atoms with Gasteiger partial charge < -0.3 is 11.1 Å². The quantitative estimate of drug-likeness (QED) is 0.912. The Bertz CT molecular complexity index is 632. The van der Waals surface area contributed by atoms with Gasteiger partial charge in [-0.15, -0.1) is 0 Å². The summed E-state index contributed by atoms with van der Waals surface area (Å²) in [5.74, 6) is -0.298. The predicted molar refractivity (Wildman–Crippen MR) is 81.1 cm³/mol. The molecule has 104 valence electrons. The normalized spacial score (nSPS) is 10.3. The molecule has 0 atom stereocenters. The maximum Gasteiger partial charge on any atom is 0.272 e. The molecule has 0 bridgehead atoms. The highest BCUT2D eigenvalue weighted by Gasteiger charge is 2.10. The van der Waals surface area contributed by atoms with Crippen molar-refractivity contribution < 1.29 is 4.79 Å². The molecule has 3 N–H and O–H groups in total. The van der Waals surface area contributed by atoms with Crippen molar-refractivity contribution in [2.24, 2.45) is 0 Å². The second-order valence-electron chi connectivity index (χ2n) is 4.18. The Morgan fingerprint density at radius 1 is 1.30 bits per heavy atom. The first-order valence-electron chi connectivity index (χ1n) is 6.00. The fourth-order valence-corrected chi connectivity index (χ4v) is 2.23. The molecule has 6 heteroatoms. The predicted octanol–water partition coefficient (Wildman–Crippen LogP) is 2.94. The maximum atomic E-state index is 11.9. The molecule has 20 heavy (non-hydrogen) atoms. The average molecular weight is 310 g/mol. The number of aromatic nitrogens is 1. The SMILES string of the molecule is Nc1cccnc1C(=O)NCCc1ccc(Cl)cc1Cl. The Morgan fingerprint density at radius 3 is 2.80 bits per heavy atom. The van der Waals surface area contributed by atoms with Gasteiger partial charge >= 0.3 is 0 Å². The largest absolute Gasteiger partial charge is 0.397 e. The minimum absolute atomic E-state index is 0.231. The van der Waals surface area contributed by atoms with Crippen LogP contribution in [0.1, 0.15) is 16.1 Å². The Labute approximate surface area is 126 Å². The van der Waals surface area contributed by atoms with Gasteiger partial charge in [0.15, 0.2) is 5.69 Å². The first-order valence-corrected chi connectivity index (χ1v) is 6.76. The van der Waals surface area contributed by atoms with Crippen molar-refractivity contribution in [1.29, 1.82) is 0 Å². The molecule has 1 amide bonds. The number of nitrogens with two attached hydrogens (primary N) is 1. The summed E-state index contributed by atoms with van der Waals surface area (Å²) in [6, 6.07) is 8.60. The average Bonchev–Trinajstić information content (AvgIpc) is 2.41. The van der Waals surface area contributed by atoms with E-state index in [1.54, 1.807) is 24.3 Å². The molecule has 0 spiro atoms. The number of carbonyl (C=O) groups excluding carboxylic acids is 1. The molecule has 0 saturated heterocycles. The van der Waals surface area contributed by atoms with Gasteiger partial charge in [0, 0.05) is 22.8 Å². The van der Waals surface area contributed by atoms with Gasteiger partial charge in [-0.2, -0.15) is 0 Å². The number of benzene rings is 1. The number of nitrogens with one attached hydrogen (secondary N) is 1. The van der Waals surface area contributed by atoms with Crippen LogP contribution in [0.25, 0.3) is 0 Å². The van der Waals surface area contributed by atoms with Gasteiger partial charge in [0.1, 0.15) is 0 Å². The number of amides is 1. The number of carbonyl (C=O) groups is 1. The lowest BCUT2D eigenvalue weighted by Gasteiger charge is -2.08. The van der Waals surface area contributed by atoms with Crippen LogP contribution in [0.2, 0.25) is 10.0 Å². The van der Waals surface area contributed by atoms with E-state index in [0.29, 0.717) is 28.7 Å². The van der Waals surface area contributed by atoms with E-state index >= 15 is 0 Å². The van der Waals surface area contributed by atoms with Gasteiger partial charge in [0.05, 0.1) is 5.69 Å². The Morgan fingerprint density at radius 2 is 2.10 bits per heavy atom. The van der Waals surface area contributed by atoms with Crippen LogP contribution in [-0.4, -0.2) is 17.4 Å². The van der Waals surface area contributed by atoms with Crippen LogP contribution in [0, 0.1) is 0 Å². The van der Waals surface area contributed by atoms with Crippen LogP contribution in [-0.2, 0) is 6.42 Å². The lowest BCUT2D eigenvalue weighted by atomic mass is 10.1. The second kappa shape index (κ2) is 6.59. The lowest BCUT2D eigenvalue weighted by Crippen LogP contribution is -2.27. The van der Waals surface area contributed by atoms with E-state index < -0.39 is 0 Å². The third-order valence-electron chi connectivity index (χ3n) is 2.75. The molecule has 0 fully saturated rings. The molecule has 1 aromatic carbocycles. The van der Waals surface area contributed by atoms with Gasteiger partial charge in [-0.3, -0.25) is 4.79 Å². The van der Waals surface area contributed by atoms with E-state index in [9.17, 15) is 4.79 Å². The van der Waals surface area contributed by atoms with Crippen molar-refractivity contribution in [3.05, 3.63) is 57.8 Å². The number of nitrogen functional groups attached to an aromatic ring is 1. The summed E-state index contributed by atoms with van der Waals surface area (Å²) in [6.07, 6.45) is 2.13. The molecular weight excluding hydrogens is 297 g/mol. The molecule has 1 heterocycles. The van der Waals surface area contributed by atoms with Crippen molar-refractivity contribution in [3.8, 4) is 0 Å². The third-order valence-corrected chi connectivity index (χ3v) is 3.34. The van der Waals surface area contributed by atoms with E-state index in [0.717, 1.165) is 5.56 Å². The molecule has 0 aliphatic rings. The van der Waals surface area contributed by atoms with Gasteiger partial charge in [-0.1, -0.05) is 29.3 Å². The molecule has 0 saturated carbocycles. The topological polar surface area (TPSA) is 68.0 Å². The van der Waals surface area contributed by atoms with Gasteiger partial charge in [0.2, 0.25) is 0 Å². The molecule has 0 aliphatic carbocycles. The van der Waals surface area contributed by atoms with Crippen LogP contribution < -0.4 is 11.1 Å². The minimum Gasteiger partial charge on any atom is -0.397 e. The van der Waals surface area contributed by atoms with Crippen LogP contribution in [0.4, 0.5) is 5.69 Å². The van der Waals surface area contributed by atoms with E-state index in [-0.39, 0.29) is 11.6 Å². The fraction of sp³-hybridized carbons (Fsp3) is 0.143. The fourth-order valence-electron chi connectivity index (χ4n) is 1.73. The van der Waals surface area contributed by atoms with Crippen LogP contribution in [0.15, 0.2) is 36.5 Å². The molecular formula is C14H13Cl2N3O. The van der Waals surface area contributed by atoms with E-state index in [1.807, 2.05) is 6.07 Å². The van der Waals surface area contributed by atoms with Crippen molar-refractivity contribution in [2.75, 3.05) is 12.3 Å².